The van der Waals surface area contributed by atoms with Gasteiger partial charge >= 0.3 is 6.09 Å². The summed E-state index contributed by atoms with van der Waals surface area (Å²) < 4.78 is 23.2. The Morgan fingerprint density at radius 2 is 1.86 bits per heavy atom. The number of carbonyl (C=O) groups is 1. The van der Waals surface area contributed by atoms with Crippen LogP contribution in [0.25, 0.3) is 0 Å². The molecule has 37 heavy (non-hydrogen) atoms. The van der Waals surface area contributed by atoms with Gasteiger partial charge in [0.2, 0.25) is 0 Å². The maximum absolute atomic E-state index is 13.3. The zero-order valence-corrected chi connectivity index (χ0v) is 22.8. The zero-order valence-electron chi connectivity index (χ0n) is 22.0. The van der Waals surface area contributed by atoms with E-state index >= 15 is 0 Å². The number of alkyl halides is 1. The molecule has 0 bridgehead atoms. The molecule has 0 N–H and O–H groups in total. The Kier molecular flexibility index (Phi) is 9.51. The van der Waals surface area contributed by atoms with Crippen molar-refractivity contribution >= 4 is 17.7 Å². The molecule has 0 saturated carbocycles. The average molecular weight is 532 g/mol. The first kappa shape index (κ1) is 27.5. The van der Waals surface area contributed by atoms with Crippen LogP contribution in [-0.2, 0) is 22.6 Å². The Balaban J connectivity index is 1.27. The van der Waals surface area contributed by atoms with Crippen LogP contribution in [0.2, 0.25) is 0 Å². The fourth-order valence-electron chi connectivity index (χ4n) is 4.51. The van der Waals surface area contributed by atoms with Crippen molar-refractivity contribution in [1.82, 2.24) is 14.8 Å². The normalized spacial score (nSPS) is 17.3. The van der Waals surface area contributed by atoms with E-state index in [1.165, 1.54) is 0 Å². The number of pyridine rings is 1. The minimum Gasteiger partial charge on any atom is -0.486 e. The van der Waals surface area contributed by atoms with Crippen LogP contribution in [0.3, 0.4) is 0 Å². The van der Waals surface area contributed by atoms with Gasteiger partial charge in [0.05, 0.1) is 31.6 Å². The van der Waals surface area contributed by atoms with Crippen LogP contribution in [0.4, 0.5) is 4.79 Å². The second kappa shape index (κ2) is 12.8. The molecule has 1 aromatic heterocycles. The van der Waals surface area contributed by atoms with Crippen molar-refractivity contribution in [2.24, 2.45) is 0 Å². The quantitative estimate of drug-likeness (QED) is 0.427. The summed E-state index contributed by atoms with van der Waals surface area (Å²) >= 11 is 6.28. The fourth-order valence-corrected chi connectivity index (χ4v) is 4.80. The van der Waals surface area contributed by atoms with Gasteiger partial charge in [-0.05, 0) is 39.2 Å². The third kappa shape index (κ3) is 7.72. The summed E-state index contributed by atoms with van der Waals surface area (Å²) in [5.41, 5.74) is 1.44. The molecular weight excluding hydrogens is 494 g/mol. The zero-order chi connectivity index (χ0) is 26.3. The van der Waals surface area contributed by atoms with Crippen LogP contribution in [0.1, 0.15) is 44.9 Å². The Morgan fingerprint density at radius 3 is 2.54 bits per heavy atom. The maximum atomic E-state index is 13.3. The lowest BCUT2D eigenvalue weighted by Crippen LogP contribution is -2.49. The summed E-state index contributed by atoms with van der Waals surface area (Å²) in [7, 11) is 0. The standard InChI is InChI=1S/C28H38ClN3O5/c1-28(2,3)32(18-22-15-25-26(17-30-22)36-14-13-35-25)27(33)37-24-9-11-31(12-10-24)23(16-29)20-34-19-21-7-5-4-6-8-21/h4-8,15,17,23-24H,9-14,16,18-20H2,1-3H3. The van der Waals surface area contributed by atoms with Gasteiger partial charge < -0.3 is 18.9 Å². The molecule has 202 valence electrons. The molecule has 4 rings (SSSR count). The van der Waals surface area contributed by atoms with Crippen molar-refractivity contribution in [2.75, 3.05) is 38.8 Å². The van der Waals surface area contributed by atoms with Crippen LogP contribution >= 0.6 is 11.6 Å². The van der Waals surface area contributed by atoms with E-state index in [1.54, 1.807) is 11.1 Å². The van der Waals surface area contributed by atoms with E-state index < -0.39 is 5.54 Å². The second-order valence-corrected chi connectivity index (χ2v) is 10.8. The number of hydrogen-bond acceptors (Lipinski definition) is 7. The first-order valence-corrected chi connectivity index (χ1v) is 13.5. The molecule has 2 aromatic rings. The summed E-state index contributed by atoms with van der Waals surface area (Å²) in [5, 5.41) is 0. The van der Waals surface area contributed by atoms with E-state index in [1.807, 2.05) is 45.0 Å². The Morgan fingerprint density at radius 1 is 1.16 bits per heavy atom. The minimum atomic E-state index is -0.438. The van der Waals surface area contributed by atoms with Gasteiger partial charge in [-0.25, -0.2) is 4.79 Å². The van der Waals surface area contributed by atoms with E-state index in [4.69, 9.17) is 30.5 Å². The number of rotatable bonds is 9. The van der Waals surface area contributed by atoms with Gasteiger partial charge in [-0.3, -0.25) is 14.8 Å². The molecule has 0 radical (unpaired) electrons. The number of fused-ring (bicyclic) bond motifs is 1. The van der Waals surface area contributed by atoms with Gasteiger partial charge in [-0.15, -0.1) is 11.6 Å². The molecule has 1 saturated heterocycles. The summed E-state index contributed by atoms with van der Waals surface area (Å²) in [4.78, 5) is 21.8. The van der Waals surface area contributed by atoms with Crippen LogP contribution in [-0.4, -0.2) is 77.4 Å². The fraction of sp³-hybridized carbons (Fsp3) is 0.571. The molecule has 9 heteroatoms. The lowest BCUT2D eigenvalue weighted by atomic mass is 10.1. The largest absolute Gasteiger partial charge is 0.486 e. The highest BCUT2D eigenvalue weighted by molar-refractivity contribution is 6.18. The van der Waals surface area contributed by atoms with E-state index in [9.17, 15) is 4.79 Å². The smallest absolute Gasteiger partial charge is 0.410 e. The lowest BCUT2D eigenvalue weighted by Gasteiger charge is -2.39. The summed E-state index contributed by atoms with van der Waals surface area (Å²) in [5.74, 6) is 1.79. The third-order valence-corrected chi connectivity index (χ3v) is 7.05. The monoisotopic (exact) mass is 531 g/mol. The Hall–Kier alpha value is -2.55. The average Bonchev–Trinajstić information content (AvgIpc) is 2.90. The van der Waals surface area contributed by atoms with Gasteiger partial charge in [0.1, 0.15) is 19.3 Å². The number of ether oxygens (including phenoxy) is 4. The number of hydrogen-bond donors (Lipinski definition) is 0. The molecule has 1 atom stereocenters. The molecule has 1 aromatic carbocycles. The van der Waals surface area contributed by atoms with Gasteiger partial charge in [0.25, 0.3) is 0 Å². The molecule has 8 nitrogen and oxygen atoms in total. The van der Waals surface area contributed by atoms with Crippen LogP contribution in [0.15, 0.2) is 42.6 Å². The van der Waals surface area contributed by atoms with Gasteiger partial charge in [-0.1, -0.05) is 30.3 Å². The summed E-state index contributed by atoms with van der Waals surface area (Å²) in [6.45, 7) is 10.1. The number of benzene rings is 1. The van der Waals surface area contributed by atoms with Crippen LogP contribution < -0.4 is 9.47 Å². The lowest BCUT2D eigenvalue weighted by molar-refractivity contribution is -0.00748. The van der Waals surface area contributed by atoms with Crippen molar-refractivity contribution in [2.45, 2.75) is 64.4 Å². The Labute approximate surface area is 224 Å². The van der Waals surface area contributed by atoms with Crippen LogP contribution in [0, 0.1) is 0 Å². The second-order valence-electron chi connectivity index (χ2n) is 10.5. The number of amides is 1. The number of nitrogens with zero attached hydrogens (tertiary/aromatic N) is 3. The number of carbonyl (C=O) groups excluding carboxylic acids is 1. The predicted molar refractivity (Wildman–Crippen MR) is 142 cm³/mol. The van der Waals surface area contributed by atoms with Gasteiger partial charge in [0.15, 0.2) is 11.5 Å². The number of halogens is 1. The van der Waals surface area contributed by atoms with E-state index in [2.05, 4.69) is 22.0 Å². The molecule has 1 unspecified atom stereocenters. The third-order valence-electron chi connectivity index (χ3n) is 6.70. The minimum absolute atomic E-state index is 0.134. The number of likely N-dealkylation sites (tertiary alicyclic amines) is 1. The van der Waals surface area contributed by atoms with E-state index in [0.29, 0.717) is 50.4 Å². The van der Waals surface area contributed by atoms with Crippen molar-refractivity contribution in [3.8, 4) is 11.5 Å². The highest BCUT2D eigenvalue weighted by Crippen LogP contribution is 2.30. The molecule has 1 amide bonds. The Bertz CT molecular complexity index is 1010. The first-order valence-electron chi connectivity index (χ1n) is 13.0. The highest BCUT2D eigenvalue weighted by atomic mass is 35.5. The first-order chi connectivity index (χ1) is 17.8. The molecule has 2 aliphatic rings. The van der Waals surface area contributed by atoms with Gasteiger partial charge in [-0.2, -0.15) is 0 Å². The molecule has 0 spiro atoms. The topological polar surface area (TPSA) is 73.4 Å². The number of aromatic nitrogens is 1. The summed E-state index contributed by atoms with van der Waals surface area (Å²) in [6, 6.07) is 12.1. The molecule has 2 aliphatic heterocycles. The van der Waals surface area contributed by atoms with Crippen LogP contribution in [0.5, 0.6) is 11.5 Å². The number of piperidine rings is 1. The van der Waals surface area contributed by atoms with E-state index in [-0.39, 0.29) is 18.2 Å². The van der Waals surface area contributed by atoms with Gasteiger partial charge in [0, 0.05) is 36.6 Å². The molecule has 1 fully saturated rings. The van der Waals surface area contributed by atoms with E-state index in [0.717, 1.165) is 37.2 Å². The predicted octanol–water partition coefficient (Wildman–Crippen LogP) is 4.88. The molecule has 3 heterocycles. The molecule has 0 aliphatic carbocycles. The SMILES string of the molecule is CC(C)(C)N(Cc1cc2c(cn1)OCCO2)C(=O)OC1CCN(C(CCl)COCc2ccccc2)CC1. The van der Waals surface area contributed by atoms with Crippen molar-refractivity contribution in [1.29, 1.82) is 0 Å². The molecular formula is C28H38ClN3O5. The van der Waals surface area contributed by atoms with Crippen molar-refractivity contribution in [3.63, 3.8) is 0 Å². The van der Waals surface area contributed by atoms with Crippen molar-refractivity contribution in [3.05, 3.63) is 53.9 Å². The van der Waals surface area contributed by atoms with Crippen molar-refractivity contribution < 1.29 is 23.7 Å². The highest BCUT2D eigenvalue weighted by Gasteiger charge is 2.33. The maximum Gasteiger partial charge on any atom is 0.410 e. The summed E-state index contributed by atoms with van der Waals surface area (Å²) in [6.07, 6.45) is 2.71.